The van der Waals surface area contributed by atoms with Crippen LogP contribution in [0.4, 0.5) is 0 Å². The molecule has 7 nitrogen and oxygen atoms in total. The van der Waals surface area contributed by atoms with Gasteiger partial charge >= 0.3 is 0 Å². The van der Waals surface area contributed by atoms with Gasteiger partial charge in [-0.15, -0.1) is 5.10 Å². The highest BCUT2D eigenvalue weighted by atomic mass is 16.5. The monoisotopic (exact) mass is 323 g/mol. The van der Waals surface area contributed by atoms with Crippen molar-refractivity contribution in [3.8, 4) is 5.75 Å². The summed E-state index contributed by atoms with van der Waals surface area (Å²) in [6.45, 7) is 0.960. The van der Waals surface area contributed by atoms with E-state index in [-0.39, 0.29) is 11.6 Å². The highest BCUT2D eigenvalue weighted by Gasteiger charge is 2.10. The van der Waals surface area contributed by atoms with Crippen LogP contribution in [0.3, 0.4) is 0 Å². The van der Waals surface area contributed by atoms with Gasteiger partial charge in [0.05, 0.1) is 19.9 Å². The van der Waals surface area contributed by atoms with Gasteiger partial charge in [0.2, 0.25) is 0 Å². The molecule has 2 heterocycles. The van der Waals surface area contributed by atoms with Gasteiger partial charge in [0.15, 0.2) is 5.69 Å². The minimum absolute atomic E-state index is 0.257. The van der Waals surface area contributed by atoms with E-state index in [1.54, 1.807) is 30.4 Å². The van der Waals surface area contributed by atoms with E-state index in [4.69, 9.17) is 4.74 Å². The van der Waals surface area contributed by atoms with Crippen LogP contribution in [0.15, 0.2) is 55.0 Å². The van der Waals surface area contributed by atoms with E-state index in [1.165, 1.54) is 0 Å². The minimum atomic E-state index is -0.257. The normalized spacial score (nSPS) is 10.4. The summed E-state index contributed by atoms with van der Waals surface area (Å²) in [6, 6.07) is 11.4. The number of nitrogens with one attached hydrogen (secondary N) is 1. The number of hydrogen-bond donors (Lipinski definition) is 1. The molecule has 24 heavy (non-hydrogen) atoms. The molecule has 1 aromatic carbocycles. The van der Waals surface area contributed by atoms with Crippen LogP contribution in [0.5, 0.6) is 5.75 Å². The molecule has 0 aliphatic heterocycles. The van der Waals surface area contributed by atoms with Gasteiger partial charge in [0, 0.05) is 18.9 Å². The van der Waals surface area contributed by atoms with Gasteiger partial charge in [-0.2, -0.15) is 0 Å². The molecule has 7 heteroatoms. The molecule has 0 saturated carbocycles. The summed E-state index contributed by atoms with van der Waals surface area (Å²) in [5, 5.41) is 10.7. The molecule has 0 radical (unpaired) electrons. The van der Waals surface area contributed by atoms with Crippen LogP contribution < -0.4 is 10.1 Å². The zero-order valence-electron chi connectivity index (χ0n) is 13.2. The SMILES string of the molecule is COc1ccc(Cn2cc(C(=O)NCc3ccncc3)nn2)cc1. The maximum absolute atomic E-state index is 12.1. The van der Waals surface area contributed by atoms with Crippen LogP contribution >= 0.6 is 0 Å². The van der Waals surface area contributed by atoms with Gasteiger partial charge < -0.3 is 10.1 Å². The van der Waals surface area contributed by atoms with Crippen molar-refractivity contribution in [1.82, 2.24) is 25.3 Å². The molecule has 0 saturated heterocycles. The Kier molecular flexibility index (Phi) is 4.81. The highest BCUT2D eigenvalue weighted by molar-refractivity contribution is 5.91. The Hall–Kier alpha value is -3.22. The molecule has 122 valence electrons. The lowest BCUT2D eigenvalue weighted by atomic mass is 10.2. The van der Waals surface area contributed by atoms with Gasteiger partial charge in [-0.25, -0.2) is 4.68 Å². The second-order valence-electron chi connectivity index (χ2n) is 5.19. The second-order valence-corrected chi connectivity index (χ2v) is 5.19. The average Bonchev–Trinajstić information content (AvgIpc) is 3.10. The van der Waals surface area contributed by atoms with Crippen LogP contribution in [0.2, 0.25) is 0 Å². The van der Waals surface area contributed by atoms with Gasteiger partial charge in [-0.3, -0.25) is 9.78 Å². The predicted octanol–water partition coefficient (Wildman–Crippen LogP) is 1.66. The van der Waals surface area contributed by atoms with Crippen LogP contribution in [0.25, 0.3) is 0 Å². The fourth-order valence-electron chi connectivity index (χ4n) is 2.17. The van der Waals surface area contributed by atoms with Crippen molar-refractivity contribution in [3.63, 3.8) is 0 Å². The second kappa shape index (κ2) is 7.36. The molecule has 2 aromatic heterocycles. The fourth-order valence-corrected chi connectivity index (χ4v) is 2.17. The number of pyridine rings is 1. The molecule has 3 aromatic rings. The van der Waals surface area contributed by atoms with Crippen LogP contribution in [0, 0.1) is 0 Å². The molecule has 1 N–H and O–H groups in total. The van der Waals surface area contributed by atoms with Crippen molar-refractivity contribution >= 4 is 5.91 Å². The van der Waals surface area contributed by atoms with Crippen molar-refractivity contribution in [2.45, 2.75) is 13.1 Å². The minimum Gasteiger partial charge on any atom is -0.497 e. The number of ether oxygens (including phenoxy) is 1. The smallest absolute Gasteiger partial charge is 0.273 e. The largest absolute Gasteiger partial charge is 0.497 e. The number of amides is 1. The summed E-state index contributed by atoms with van der Waals surface area (Å²) >= 11 is 0. The van der Waals surface area contributed by atoms with Gasteiger partial charge in [-0.05, 0) is 35.4 Å². The summed E-state index contributed by atoms with van der Waals surface area (Å²) in [6.07, 6.45) is 5.01. The third-order valence-electron chi connectivity index (χ3n) is 3.48. The third-order valence-corrected chi connectivity index (χ3v) is 3.48. The number of nitrogens with zero attached hydrogens (tertiary/aromatic N) is 4. The van der Waals surface area contributed by atoms with Crippen molar-refractivity contribution in [1.29, 1.82) is 0 Å². The van der Waals surface area contributed by atoms with E-state index in [0.717, 1.165) is 16.9 Å². The Bertz CT molecular complexity index is 799. The molecule has 3 rings (SSSR count). The lowest BCUT2D eigenvalue weighted by Gasteiger charge is -2.03. The molecule has 0 bridgehead atoms. The number of hydrogen-bond acceptors (Lipinski definition) is 5. The Balaban J connectivity index is 1.58. The number of methoxy groups -OCH3 is 1. The third kappa shape index (κ3) is 3.95. The highest BCUT2D eigenvalue weighted by Crippen LogP contribution is 2.12. The molecule has 1 amide bonds. The van der Waals surface area contributed by atoms with Crippen LogP contribution in [-0.4, -0.2) is 33.0 Å². The van der Waals surface area contributed by atoms with E-state index in [2.05, 4.69) is 20.6 Å². The van der Waals surface area contributed by atoms with Gasteiger partial charge in [-0.1, -0.05) is 17.3 Å². The molecule has 0 aliphatic carbocycles. The summed E-state index contributed by atoms with van der Waals surface area (Å²) in [7, 11) is 1.63. The predicted molar refractivity (Wildman–Crippen MR) is 87.5 cm³/mol. The van der Waals surface area contributed by atoms with Crippen molar-refractivity contribution in [2.75, 3.05) is 7.11 Å². The molecule has 0 spiro atoms. The van der Waals surface area contributed by atoms with Crippen LogP contribution in [0.1, 0.15) is 21.6 Å². The molecular formula is C17H17N5O2. The topological polar surface area (TPSA) is 81.9 Å². The van der Waals surface area contributed by atoms with E-state index in [1.807, 2.05) is 36.4 Å². The maximum Gasteiger partial charge on any atom is 0.273 e. The number of rotatable bonds is 6. The van der Waals surface area contributed by atoms with Crippen LogP contribution in [-0.2, 0) is 13.1 Å². The Morgan fingerprint density at radius 2 is 1.88 bits per heavy atom. The first-order valence-corrected chi connectivity index (χ1v) is 7.45. The fraction of sp³-hybridized carbons (Fsp3) is 0.176. The van der Waals surface area contributed by atoms with Gasteiger partial charge in [0.1, 0.15) is 5.75 Å². The Labute approximate surface area is 139 Å². The quantitative estimate of drug-likeness (QED) is 0.746. The van der Waals surface area contributed by atoms with Crippen molar-refractivity contribution < 1.29 is 9.53 Å². The van der Waals surface area contributed by atoms with Crippen molar-refractivity contribution in [2.24, 2.45) is 0 Å². The summed E-state index contributed by atoms with van der Waals surface area (Å²) in [5.74, 6) is 0.543. The first-order chi connectivity index (χ1) is 11.7. The number of carbonyl (C=O) groups excluding carboxylic acids is 1. The Morgan fingerprint density at radius 1 is 1.12 bits per heavy atom. The van der Waals surface area contributed by atoms with E-state index in [9.17, 15) is 4.79 Å². The summed E-state index contributed by atoms with van der Waals surface area (Å²) in [5.41, 5.74) is 2.31. The van der Waals surface area contributed by atoms with E-state index < -0.39 is 0 Å². The maximum atomic E-state index is 12.1. The summed E-state index contributed by atoms with van der Waals surface area (Å²) < 4.78 is 6.75. The van der Waals surface area contributed by atoms with E-state index in [0.29, 0.717) is 13.1 Å². The lowest BCUT2D eigenvalue weighted by molar-refractivity contribution is 0.0946. The van der Waals surface area contributed by atoms with Gasteiger partial charge in [0.25, 0.3) is 5.91 Å². The molecule has 0 atom stereocenters. The first-order valence-electron chi connectivity index (χ1n) is 7.45. The lowest BCUT2D eigenvalue weighted by Crippen LogP contribution is -2.23. The Morgan fingerprint density at radius 3 is 2.58 bits per heavy atom. The molecule has 0 unspecified atom stereocenters. The van der Waals surface area contributed by atoms with E-state index >= 15 is 0 Å². The zero-order valence-corrected chi connectivity index (χ0v) is 13.2. The molecule has 0 fully saturated rings. The molecule has 0 aliphatic rings. The average molecular weight is 323 g/mol. The number of carbonyl (C=O) groups is 1. The number of benzene rings is 1. The van der Waals surface area contributed by atoms with Crippen molar-refractivity contribution in [3.05, 3.63) is 71.8 Å². The zero-order chi connectivity index (χ0) is 16.8. The molecular weight excluding hydrogens is 306 g/mol. The number of aromatic nitrogens is 4. The standard InChI is InChI=1S/C17H17N5O2/c1-24-15-4-2-14(3-5-15)11-22-12-16(20-21-22)17(23)19-10-13-6-8-18-9-7-13/h2-9,12H,10-11H2,1H3,(H,19,23). The summed E-state index contributed by atoms with van der Waals surface area (Å²) in [4.78, 5) is 16.0. The first kappa shape index (κ1) is 15.7.